The Morgan fingerprint density at radius 3 is 2.65 bits per heavy atom. The van der Waals surface area contributed by atoms with Crippen LogP contribution in [0.4, 0.5) is 11.4 Å². The highest BCUT2D eigenvalue weighted by atomic mass is 15.3. The van der Waals surface area contributed by atoms with E-state index in [1.807, 2.05) is 50.0 Å². The van der Waals surface area contributed by atoms with E-state index in [-0.39, 0.29) is 0 Å². The van der Waals surface area contributed by atoms with Crippen LogP contribution in [0.5, 0.6) is 0 Å². The summed E-state index contributed by atoms with van der Waals surface area (Å²) >= 11 is 0. The number of anilines is 2. The molecule has 0 spiro atoms. The predicted molar refractivity (Wildman–Crippen MR) is 70.9 cm³/mol. The van der Waals surface area contributed by atoms with Gasteiger partial charge in [-0.3, -0.25) is 4.68 Å². The van der Waals surface area contributed by atoms with Crippen molar-refractivity contribution in [2.75, 3.05) is 17.7 Å². The zero-order valence-electron chi connectivity index (χ0n) is 10.5. The molecule has 0 unspecified atom stereocenters. The monoisotopic (exact) mass is 230 g/mol. The normalized spacial score (nSPS) is 10.5. The van der Waals surface area contributed by atoms with E-state index in [2.05, 4.69) is 16.1 Å². The van der Waals surface area contributed by atoms with E-state index in [0.29, 0.717) is 0 Å². The zero-order valence-corrected chi connectivity index (χ0v) is 10.5. The average molecular weight is 230 g/mol. The number of nitrogen functional groups attached to an aromatic ring is 1. The molecule has 0 saturated heterocycles. The summed E-state index contributed by atoms with van der Waals surface area (Å²) in [5.74, 6) is 0. The molecule has 4 nitrogen and oxygen atoms in total. The molecule has 1 aromatic carbocycles. The first-order chi connectivity index (χ1) is 8.08. The van der Waals surface area contributed by atoms with Crippen molar-refractivity contribution in [2.45, 2.75) is 13.5 Å². The summed E-state index contributed by atoms with van der Waals surface area (Å²) < 4.78 is 1.91. The molecule has 90 valence electrons. The summed E-state index contributed by atoms with van der Waals surface area (Å²) in [4.78, 5) is 2.13. The Labute approximate surface area is 102 Å². The van der Waals surface area contributed by atoms with E-state index in [0.717, 1.165) is 23.6 Å². The highest BCUT2D eigenvalue weighted by molar-refractivity contribution is 5.66. The molecule has 0 aliphatic rings. The molecule has 0 aliphatic heterocycles. The molecule has 1 aromatic heterocycles. The van der Waals surface area contributed by atoms with Crippen molar-refractivity contribution in [3.63, 3.8) is 0 Å². The number of aromatic nitrogens is 2. The summed E-state index contributed by atoms with van der Waals surface area (Å²) in [5.41, 5.74) is 10.0. The Morgan fingerprint density at radius 2 is 2.06 bits per heavy atom. The summed E-state index contributed by atoms with van der Waals surface area (Å²) in [7, 11) is 4.00. The number of aryl methyl sites for hydroxylation is 2. The fourth-order valence-corrected chi connectivity index (χ4v) is 1.98. The number of nitrogens with zero attached hydrogens (tertiary/aromatic N) is 3. The van der Waals surface area contributed by atoms with Crippen molar-refractivity contribution in [1.82, 2.24) is 9.78 Å². The number of para-hydroxylation sites is 2. The lowest BCUT2D eigenvalue weighted by Gasteiger charge is -2.20. The van der Waals surface area contributed by atoms with Gasteiger partial charge in [-0.2, -0.15) is 5.10 Å². The third-order valence-electron chi connectivity index (χ3n) is 2.85. The maximum atomic E-state index is 5.95. The van der Waals surface area contributed by atoms with Crippen LogP contribution >= 0.6 is 0 Å². The highest BCUT2D eigenvalue weighted by Gasteiger charge is 2.08. The van der Waals surface area contributed by atoms with E-state index < -0.39 is 0 Å². The molecule has 0 aliphatic carbocycles. The lowest BCUT2D eigenvalue weighted by molar-refractivity contribution is 0.694. The van der Waals surface area contributed by atoms with E-state index in [4.69, 9.17) is 5.73 Å². The third kappa shape index (κ3) is 2.41. The van der Waals surface area contributed by atoms with Crippen LogP contribution in [-0.4, -0.2) is 16.8 Å². The van der Waals surface area contributed by atoms with E-state index >= 15 is 0 Å². The van der Waals surface area contributed by atoms with Crippen LogP contribution in [0.2, 0.25) is 0 Å². The van der Waals surface area contributed by atoms with Gasteiger partial charge in [-0.05, 0) is 25.1 Å². The molecule has 0 bridgehead atoms. The Kier molecular flexibility index (Phi) is 3.04. The Hall–Kier alpha value is -1.97. The van der Waals surface area contributed by atoms with Gasteiger partial charge in [-0.25, -0.2) is 0 Å². The molecule has 4 heteroatoms. The van der Waals surface area contributed by atoms with Crippen molar-refractivity contribution in [3.8, 4) is 0 Å². The Balaban J connectivity index is 2.20. The largest absolute Gasteiger partial charge is 0.397 e. The van der Waals surface area contributed by atoms with Gasteiger partial charge in [-0.1, -0.05) is 12.1 Å². The van der Waals surface area contributed by atoms with Gasteiger partial charge in [0.15, 0.2) is 0 Å². The predicted octanol–water partition coefficient (Wildman–Crippen LogP) is 1.95. The maximum Gasteiger partial charge on any atom is 0.0600 e. The van der Waals surface area contributed by atoms with Crippen molar-refractivity contribution < 1.29 is 0 Å². The van der Waals surface area contributed by atoms with Gasteiger partial charge in [0, 0.05) is 14.1 Å². The van der Waals surface area contributed by atoms with Crippen LogP contribution in [0.25, 0.3) is 0 Å². The minimum atomic E-state index is 0.797. The second-order valence-corrected chi connectivity index (χ2v) is 4.32. The second-order valence-electron chi connectivity index (χ2n) is 4.32. The van der Waals surface area contributed by atoms with Gasteiger partial charge in [0.1, 0.15) is 0 Å². The number of benzene rings is 1. The van der Waals surface area contributed by atoms with Crippen LogP contribution in [0, 0.1) is 6.92 Å². The van der Waals surface area contributed by atoms with Crippen LogP contribution in [0.3, 0.4) is 0 Å². The smallest absolute Gasteiger partial charge is 0.0600 e. The minimum absolute atomic E-state index is 0.797. The summed E-state index contributed by atoms with van der Waals surface area (Å²) in [5, 5.41) is 4.34. The van der Waals surface area contributed by atoms with Crippen molar-refractivity contribution in [1.29, 1.82) is 0 Å². The quantitative estimate of drug-likeness (QED) is 0.820. The SMILES string of the molecule is Cc1cc(CN(C)c2ccccc2N)n(C)n1. The lowest BCUT2D eigenvalue weighted by atomic mass is 10.2. The van der Waals surface area contributed by atoms with E-state index in [1.165, 1.54) is 5.69 Å². The number of rotatable bonds is 3. The van der Waals surface area contributed by atoms with Crippen molar-refractivity contribution >= 4 is 11.4 Å². The van der Waals surface area contributed by atoms with Gasteiger partial charge < -0.3 is 10.6 Å². The molecular weight excluding hydrogens is 212 g/mol. The molecule has 2 aromatic rings. The fourth-order valence-electron chi connectivity index (χ4n) is 1.98. The number of nitrogens with two attached hydrogens (primary N) is 1. The van der Waals surface area contributed by atoms with Gasteiger partial charge in [0.25, 0.3) is 0 Å². The van der Waals surface area contributed by atoms with Crippen LogP contribution < -0.4 is 10.6 Å². The molecule has 0 saturated carbocycles. The first-order valence-electron chi connectivity index (χ1n) is 5.63. The first kappa shape index (κ1) is 11.5. The van der Waals surface area contributed by atoms with Crippen LogP contribution in [0.15, 0.2) is 30.3 Å². The van der Waals surface area contributed by atoms with Crippen molar-refractivity contribution in [3.05, 3.63) is 41.7 Å². The van der Waals surface area contributed by atoms with Crippen molar-refractivity contribution in [2.24, 2.45) is 7.05 Å². The topological polar surface area (TPSA) is 47.1 Å². The third-order valence-corrected chi connectivity index (χ3v) is 2.85. The molecule has 0 radical (unpaired) electrons. The summed E-state index contributed by atoms with van der Waals surface area (Å²) in [6.07, 6.45) is 0. The Bertz CT molecular complexity index is 516. The highest BCUT2D eigenvalue weighted by Crippen LogP contribution is 2.22. The standard InChI is InChI=1S/C13H18N4/c1-10-8-11(17(3)15-10)9-16(2)13-7-5-4-6-12(13)14/h4-8H,9,14H2,1-3H3. The van der Waals surface area contributed by atoms with Gasteiger partial charge >= 0.3 is 0 Å². The second kappa shape index (κ2) is 4.49. The summed E-state index contributed by atoms with van der Waals surface area (Å²) in [6.45, 7) is 2.80. The summed E-state index contributed by atoms with van der Waals surface area (Å²) in [6, 6.07) is 9.98. The fraction of sp³-hybridized carbons (Fsp3) is 0.308. The molecular formula is C13H18N4. The first-order valence-corrected chi connectivity index (χ1v) is 5.63. The van der Waals surface area contributed by atoms with Gasteiger partial charge in [-0.15, -0.1) is 0 Å². The molecule has 0 fully saturated rings. The lowest BCUT2D eigenvalue weighted by Crippen LogP contribution is -2.19. The molecule has 17 heavy (non-hydrogen) atoms. The molecule has 2 N–H and O–H groups in total. The maximum absolute atomic E-state index is 5.95. The van der Waals surface area contributed by atoms with E-state index in [1.54, 1.807) is 0 Å². The van der Waals surface area contributed by atoms with Crippen LogP contribution in [-0.2, 0) is 13.6 Å². The minimum Gasteiger partial charge on any atom is -0.397 e. The molecule has 0 atom stereocenters. The molecule has 1 heterocycles. The number of hydrogen-bond donors (Lipinski definition) is 1. The van der Waals surface area contributed by atoms with Gasteiger partial charge in [0.2, 0.25) is 0 Å². The van der Waals surface area contributed by atoms with Gasteiger partial charge in [0.05, 0.1) is 29.3 Å². The Morgan fingerprint density at radius 1 is 1.35 bits per heavy atom. The molecule has 2 rings (SSSR count). The van der Waals surface area contributed by atoms with Crippen LogP contribution in [0.1, 0.15) is 11.4 Å². The average Bonchev–Trinajstić information content (AvgIpc) is 2.58. The molecule has 0 amide bonds. The van der Waals surface area contributed by atoms with E-state index in [9.17, 15) is 0 Å². The number of hydrogen-bond acceptors (Lipinski definition) is 3. The zero-order chi connectivity index (χ0) is 12.4.